The molecule has 23 heavy (non-hydrogen) atoms. The molecule has 5 nitrogen and oxygen atoms in total. The lowest BCUT2D eigenvalue weighted by Gasteiger charge is -2.31. The number of likely N-dealkylation sites (tertiary alicyclic amines) is 1. The fourth-order valence-electron chi connectivity index (χ4n) is 3.88. The first kappa shape index (κ1) is 15.7. The minimum atomic E-state index is -1.12. The topological polar surface area (TPSA) is 74.7 Å². The van der Waals surface area contributed by atoms with Gasteiger partial charge in [0.25, 0.3) is 0 Å². The first-order valence-electron chi connectivity index (χ1n) is 8.17. The van der Waals surface area contributed by atoms with E-state index in [1.807, 2.05) is 30.3 Å². The van der Waals surface area contributed by atoms with Crippen LogP contribution in [0.15, 0.2) is 30.3 Å². The van der Waals surface area contributed by atoms with Crippen LogP contribution in [0.4, 0.5) is 0 Å². The summed E-state index contributed by atoms with van der Waals surface area (Å²) in [5.74, 6) is -1.73. The number of hydrogen-bond donors (Lipinski definition) is 1. The van der Waals surface area contributed by atoms with E-state index in [2.05, 4.69) is 0 Å². The fraction of sp³-hybridized carbons (Fsp3) is 0.500. The van der Waals surface area contributed by atoms with Crippen molar-refractivity contribution in [2.24, 2.45) is 5.41 Å². The zero-order valence-electron chi connectivity index (χ0n) is 13.0. The molecule has 1 saturated heterocycles. The van der Waals surface area contributed by atoms with Crippen LogP contribution < -0.4 is 0 Å². The van der Waals surface area contributed by atoms with Gasteiger partial charge in [0.1, 0.15) is 6.04 Å². The van der Waals surface area contributed by atoms with Gasteiger partial charge in [-0.25, -0.2) is 4.79 Å². The van der Waals surface area contributed by atoms with Gasteiger partial charge in [-0.15, -0.1) is 0 Å². The number of benzene rings is 1. The van der Waals surface area contributed by atoms with Gasteiger partial charge in [-0.1, -0.05) is 49.6 Å². The van der Waals surface area contributed by atoms with Crippen LogP contribution in [0, 0.1) is 5.41 Å². The molecule has 1 aliphatic carbocycles. The minimum Gasteiger partial charge on any atom is -0.480 e. The number of carboxylic acid groups (broad SMARTS) is 1. The molecule has 1 saturated carbocycles. The third kappa shape index (κ3) is 2.87. The first-order chi connectivity index (χ1) is 11.0. The molecule has 3 rings (SSSR count). The molecule has 0 radical (unpaired) electrons. The molecule has 5 heteroatoms. The molecule has 1 aliphatic heterocycles. The van der Waals surface area contributed by atoms with E-state index in [1.54, 1.807) is 0 Å². The molecule has 1 aromatic rings. The van der Waals surface area contributed by atoms with E-state index in [-0.39, 0.29) is 24.7 Å². The third-order valence-corrected chi connectivity index (χ3v) is 5.11. The smallest absolute Gasteiger partial charge is 0.327 e. The molecule has 2 fully saturated rings. The van der Waals surface area contributed by atoms with E-state index in [4.69, 9.17) is 0 Å². The van der Waals surface area contributed by atoms with Crippen molar-refractivity contribution in [3.8, 4) is 0 Å². The van der Waals surface area contributed by atoms with Crippen LogP contribution in [0.3, 0.4) is 0 Å². The Balaban J connectivity index is 1.86. The number of carbonyl (C=O) groups excluding carboxylic acids is 2. The van der Waals surface area contributed by atoms with Gasteiger partial charge in [-0.2, -0.15) is 0 Å². The monoisotopic (exact) mass is 315 g/mol. The average Bonchev–Trinajstić information content (AvgIpc) is 2.77. The summed E-state index contributed by atoms with van der Waals surface area (Å²) in [6, 6.07) is 8.02. The molecule has 0 bridgehead atoms. The number of hydrogen-bond acceptors (Lipinski definition) is 3. The molecule has 0 aromatic heterocycles. The van der Waals surface area contributed by atoms with Gasteiger partial charge < -0.3 is 5.11 Å². The summed E-state index contributed by atoms with van der Waals surface area (Å²) < 4.78 is 0. The summed E-state index contributed by atoms with van der Waals surface area (Å²) in [5, 5.41) is 9.57. The highest BCUT2D eigenvalue weighted by Gasteiger charge is 2.54. The number of imide groups is 1. The normalized spacial score (nSPS) is 21.7. The van der Waals surface area contributed by atoms with Crippen LogP contribution in [-0.4, -0.2) is 33.8 Å². The van der Waals surface area contributed by atoms with Gasteiger partial charge in [-0.05, 0) is 18.4 Å². The first-order valence-corrected chi connectivity index (χ1v) is 8.17. The Morgan fingerprint density at radius 3 is 2.39 bits per heavy atom. The van der Waals surface area contributed by atoms with Crippen molar-refractivity contribution >= 4 is 17.8 Å². The Bertz CT molecular complexity index is 619. The molecule has 1 N–H and O–H groups in total. The highest BCUT2D eigenvalue weighted by molar-refractivity contribution is 6.08. The lowest BCUT2D eigenvalue weighted by molar-refractivity contribution is -0.156. The van der Waals surface area contributed by atoms with Crippen LogP contribution >= 0.6 is 0 Å². The van der Waals surface area contributed by atoms with Crippen molar-refractivity contribution in [1.29, 1.82) is 0 Å². The maximum Gasteiger partial charge on any atom is 0.327 e. The van der Waals surface area contributed by atoms with E-state index in [0.717, 1.165) is 29.7 Å². The van der Waals surface area contributed by atoms with E-state index < -0.39 is 17.4 Å². The Morgan fingerprint density at radius 2 is 1.78 bits per heavy atom. The second kappa shape index (κ2) is 6.14. The maximum absolute atomic E-state index is 12.9. The molecule has 122 valence electrons. The Kier molecular flexibility index (Phi) is 4.20. The van der Waals surface area contributed by atoms with Crippen molar-refractivity contribution in [3.05, 3.63) is 35.9 Å². The summed E-state index contributed by atoms with van der Waals surface area (Å²) in [6.07, 6.45) is 4.67. The van der Waals surface area contributed by atoms with Crippen LogP contribution in [0.2, 0.25) is 0 Å². The van der Waals surface area contributed by atoms with Crippen molar-refractivity contribution in [1.82, 2.24) is 4.90 Å². The van der Waals surface area contributed by atoms with Crippen molar-refractivity contribution in [3.63, 3.8) is 0 Å². The van der Waals surface area contributed by atoms with Gasteiger partial charge in [0.2, 0.25) is 11.8 Å². The molecule has 2 amide bonds. The van der Waals surface area contributed by atoms with E-state index in [1.165, 1.54) is 0 Å². The van der Waals surface area contributed by atoms with Gasteiger partial charge in [0, 0.05) is 12.8 Å². The zero-order chi connectivity index (χ0) is 16.4. The van der Waals surface area contributed by atoms with Gasteiger partial charge in [0.05, 0.1) is 5.41 Å². The zero-order valence-corrected chi connectivity index (χ0v) is 13.0. The predicted octanol–water partition coefficient (Wildman–Crippen LogP) is 2.39. The van der Waals surface area contributed by atoms with Gasteiger partial charge >= 0.3 is 5.97 Å². The standard InChI is InChI=1S/C18H21NO4/c20-15-12-18(9-5-2-6-10-18)17(23)19(15)14(16(21)22)11-13-7-3-1-4-8-13/h1,3-4,7-8,14H,2,5-6,9-12H2,(H,21,22)/t14-/m1/s1. The highest BCUT2D eigenvalue weighted by Crippen LogP contribution is 2.46. The van der Waals surface area contributed by atoms with Crippen LogP contribution in [0.1, 0.15) is 44.1 Å². The van der Waals surface area contributed by atoms with E-state index >= 15 is 0 Å². The number of aliphatic carboxylic acids is 1. The second-order valence-electron chi connectivity index (χ2n) is 6.63. The van der Waals surface area contributed by atoms with Crippen molar-refractivity contribution < 1.29 is 19.5 Å². The number of carbonyl (C=O) groups is 3. The van der Waals surface area contributed by atoms with Gasteiger partial charge in [-0.3, -0.25) is 14.5 Å². The van der Waals surface area contributed by atoms with Crippen LogP contribution in [0.25, 0.3) is 0 Å². The Labute approximate surface area is 135 Å². The minimum absolute atomic E-state index is 0.156. The van der Waals surface area contributed by atoms with Crippen molar-refractivity contribution in [2.45, 2.75) is 51.0 Å². The molecule has 2 aliphatic rings. The largest absolute Gasteiger partial charge is 0.480 e. The number of rotatable bonds is 4. The van der Waals surface area contributed by atoms with Gasteiger partial charge in [0.15, 0.2) is 0 Å². The third-order valence-electron chi connectivity index (χ3n) is 5.11. The number of amides is 2. The number of nitrogens with zero attached hydrogens (tertiary/aromatic N) is 1. The number of carboxylic acids is 1. The summed E-state index contributed by atoms with van der Waals surface area (Å²) in [6.45, 7) is 0. The van der Waals surface area contributed by atoms with Crippen molar-refractivity contribution in [2.75, 3.05) is 0 Å². The Hall–Kier alpha value is -2.17. The SMILES string of the molecule is O=C(O)[C@@H](Cc1ccccc1)N1C(=O)CC2(CCCCC2)C1=O. The molecular weight excluding hydrogens is 294 g/mol. The molecular formula is C18H21NO4. The summed E-state index contributed by atoms with van der Waals surface area (Å²) >= 11 is 0. The van der Waals surface area contributed by atoms with E-state index in [0.29, 0.717) is 12.8 Å². The molecule has 0 unspecified atom stereocenters. The van der Waals surface area contributed by atoms with Crippen LogP contribution in [-0.2, 0) is 20.8 Å². The predicted molar refractivity (Wildman–Crippen MR) is 83.6 cm³/mol. The molecule has 1 spiro atoms. The molecule has 1 heterocycles. The second-order valence-corrected chi connectivity index (χ2v) is 6.63. The maximum atomic E-state index is 12.9. The lowest BCUT2D eigenvalue weighted by atomic mass is 9.73. The Morgan fingerprint density at radius 1 is 1.13 bits per heavy atom. The quantitative estimate of drug-likeness (QED) is 0.866. The highest BCUT2D eigenvalue weighted by atomic mass is 16.4. The fourth-order valence-corrected chi connectivity index (χ4v) is 3.88. The lowest BCUT2D eigenvalue weighted by Crippen LogP contribution is -2.48. The summed E-state index contributed by atoms with van der Waals surface area (Å²) in [5.41, 5.74) is 0.171. The molecule has 1 aromatic carbocycles. The molecule has 1 atom stereocenters. The summed E-state index contributed by atoms with van der Waals surface area (Å²) in [7, 11) is 0. The summed E-state index contributed by atoms with van der Waals surface area (Å²) in [4.78, 5) is 38.0. The average molecular weight is 315 g/mol. The van der Waals surface area contributed by atoms with E-state index in [9.17, 15) is 19.5 Å². The van der Waals surface area contributed by atoms with Crippen LogP contribution in [0.5, 0.6) is 0 Å².